The Morgan fingerprint density at radius 2 is 0.968 bits per heavy atom. The zero-order valence-corrected chi connectivity index (χ0v) is 40.6. The van der Waals surface area contributed by atoms with E-state index >= 15 is 0 Å². The smallest absolute Gasteiger partial charge is 0.462 e. The SMILES string of the molecule is CCCCCCCCCCCCCC(=O)OC(CCCCCCCCCCC)CC(=O)O[C@@H]([C@H](OP(=O)(O)O)[C@H](O)CO)[C@H](C=O)NC(=O)CC(O)CCCCCCCCCCC. The van der Waals surface area contributed by atoms with Gasteiger partial charge in [0.15, 0.2) is 6.10 Å². The number of phosphoric ester groups is 1. The summed E-state index contributed by atoms with van der Waals surface area (Å²) in [4.78, 5) is 71.5. The maximum Gasteiger partial charge on any atom is 0.470 e. The molecule has 1 amide bonds. The molecule has 0 rings (SSSR count). The molecule has 14 nitrogen and oxygen atoms in total. The van der Waals surface area contributed by atoms with Crippen LogP contribution < -0.4 is 5.32 Å². The highest BCUT2D eigenvalue weighted by molar-refractivity contribution is 7.46. The lowest BCUT2D eigenvalue weighted by Crippen LogP contribution is -2.56. The van der Waals surface area contributed by atoms with Crippen LogP contribution in [0.4, 0.5) is 0 Å². The monoisotopic (exact) mass is 922 g/mol. The van der Waals surface area contributed by atoms with Gasteiger partial charge in [-0.3, -0.25) is 18.9 Å². The molecular weight excluding hydrogens is 829 g/mol. The summed E-state index contributed by atoms with van der Waals surface area (Å²) in [6.07, 6.45) is 23.5. The molecule has 0 saturated carbocycles. The number of hydrogen-bond donors (Lipinski definition) is 6. The van der Waals surface area contributed by atoms with Crippen LogP contribution in [0.2, 0.25) is 0 Å². The summed E-state index contributed by atoms with van der Waals surface area (Å²) in [7, 11) is -5.43. The molecule has 6 N–H and O–H groups in total. The minimum atomic E-state index is -5.43. The van der Waals surface area contributed by atoms with Gasteiger partial charge >= 0.3 is 19.8 Å². The average molecular weight is 922 g/mol. The Morgan fingerprint density at radius 1 is 0.556 bits per heavy atom. The number of hydrogen-bond acceptors (Lipinski definition) is 11. The molecule has 0 fully saturated rings. The molecule has 0 saturated heterocycles. The Hall–Kier alpha value is -1.93. The van der Waals surface area contributed by atoms with Crippen molar-refractivity contribution in [2.75, 3.05) is 6.61 Å². The lowest BCUT2D eigenvalue weighted by molar-refractivity contribution is -0.169. The number of unbranched alkanes of at least 4 members (excludes halogenated alkanes) is 26. The Balaban J connectivity index is 5.67. The zero-order chi connectivity index (χ0) is 47.0. The number of nitrogens with one attached hydrogen (secondary N) is 1. The Labute approximate surface area is 381 Å². The van der Waals surface area contributed by atoms with Crippen molar-refractivity contribution in [3.8, 4) is 0 Å². The Morgan fingerprint density at radius 3 is 1.38 bits per heavy atom. The van der Waals surface area contributed by atoms with E-state index in [0.29, 0.717) is 32.1 Å². The normalized spacial score (nSPS) is 14.7. The summed E-state index contributed by atoms with van der Waals surface area (Å²) in [5.41, 5.74) is 0. The quantitative estimate of drug-likeness (QED) is 0.0145. The third-order valence-electron chi connectivity index (χ3n) is 11.6. The molecule has 372 valence electrons. The lowest BCUT2D eigenvalue weighted by atomic mass is 10.0. The molecule has 0 aliphatic rings. The van der Waals surface area contributed by atoms with E-state index in [4.69, 9.17) is 14.0 Å². The van der Waals surface area contributed by atoms with Crippen LogP contribution in [-0.2, 0) is 37.7 Å². The summed E-state index contributed by atoms with van der Waals surface area (Å²) >= 11 is 0. The lowest BCUT2D eigenvalue weighted by Gasteiger charge is -2.33. The minimum Gasteiger partial charge on any atom is -0.462 e. The van der Waals surface area contributed by atoms with Gasteiger partial charge in [0.25, 0.3) is 0 Å². The van der Waals surface area contributed by atoms with Crippen molar-refractivity contribution in [1.29, 1.82) is 0 Å². The largest absolute Gasteiger partial charge is 0.470 e. The number of aliphatic hydroxyl groups excluding tert-OH is 3. The van der Waals surface area contributed by atoms with Gasteiger partial charge in [-0.15, -0.1) is 0 Å². The Kier molecular flexibility index (Phi) is 40.2. The van der Waals surface area contributed by atoms with Gasteiger partial charge in [-0.05, 0) is 25.7 Å². The van der Waals surface area contributed by atoms with Crippen LogP contribution in [0.5, 0.6) is 0 Å². The van der Waals surface area contributed by atoms with Crippen molar-refractivity contribution in [1.82, 2.24) is 5.32 Å². The number of carbonyl (C=O) groups excluding carboxylic acids is 4. The van der Waals surface area contributed by atoms with Crippen molar-refractivity contribution in [2.24, 2.45) is 0 Å². The van der Waals surface area contributed by atoms with Gasteiger partial charge in [-0.2, -0.15) is 0 Å². The van der Waals surface area contributed by atoms with Crippen LogP contribution in [0.15, 0.2) is 0 Å². The highest BCUT2D eigenvalue weighted by Gasteiger charge is 2.43. The van der Waals surface area contributed by atoms with Gasteiger partial charge in [0, 0.05) is 6.42 Å². The fourth-order valence-corrected chi connectivity index (χ4v) is 8.43. The first kappa shape index (κ1) is 61.1. The molecule has 0 aromatic rings. The minimum absolute atomic E-state index is 0.163. The van der Waals surface area contributed by atoms with Gasteiger partial charge in [0.1, 0.15) is 30.6 Å². The summed E-state index contributed by atoms with van der Waals surface area (Å²) in [5, 5.41) is 33.3. The van der Waals surface area contributed by atoms with Crippen LogP contribution in [0.3, 0.4) is 0 Å². The van der Waals surface area contributed by atoms with E-state index in [1.165, 1.54) is 96.3 Å². The molecule has 15 heteroatoms. The van der Waals surface area contributed by atoms with Gasteiger partial charge < -0.3 is 44.7 Å². The average Bonchev–Trinajstić information content (AvgIpc) is 3.24. The number of carbonyl (C=O) groups is 4. The molecule has 0 aliphatic heterocycles. The predicted octanol–water partition coefficient (Wildman–Crippen LogP) is 10.0. The van der Waals surface area contributed by atoms with Crippen LogP contribution in [0.25, 0.3) is 0 Å². The van der Waals surface area contributed by atoms with Crippen LogP contribution in [0.1, 0.15) is 239 Å². The second-order valence-corrected chi connectivity index (χ2v) is 18.9. The Bertz CT molecular complexity index is 1170. The molecular formula is C48H92NO13P. The van der Waals surface area contributed by atoms with E-state index in [-0.39, 0.29) is 12.7 Å². The maximum absolute atomic E-state index is 13.6. The van der Waals surface area contributed by atoms with E-state index in [1.54, 1.807) is 0 Å². The molecule has 0 spiro atoms. The fourth-order valence-electron chi connectivity index (χ4n) is 7.85. The van der Waals surface area contributed by atoms with Crippen LogP contribution in [0, 0.1) is 0 Å². The number of aldehydes is 1. The molecule has 0 heterocycles. The van der Waals surface area contributed by atoms with E-state index in [0.717, 1.165) is 70.6 Å². The van der Waals surface area contributed by atoms with E-state index in [2.05, 4.69) is 26.1 Å². The summed E-state index contributed by atoms with van der Waals surface area (Å²) in [5.74, 6) is -2.32. The topological polar surface area (TPSA) is 226 Å². The third kappa shape index (κ3) is 36.9. The summed E-state index contributed by atoms with van der Waals surface area (Å²) < 4.78 is 28.1. The second kappa shape index (κ2) is 41.5. The number of aliphatic hydroxyl groups is 3. The van der Waals surface area contributed by atoms with Crippen molar-refractivity contribution in [3.05, 3.63) is 0 Å². The maximum atomic E-state index is 13.6. The molecule has 0 aliphatic carbocycles. The molecule has 6 atom stereocenters. The highest BCUT2D eigenvalue weighted by atomic mass is 31.2. The summed E-state index contributed by atoms with van der Waals surface area (Å²) in [6, 6.07) is -1.81. The molecule has 0 aromatic heterocycles. The molecule has 0 radical (unpaired) electrons. The summed E-state index contributed by atoms with van der Waals surface area (Å²) in [6.45, 7) is 5.46. The van der Waals surface area contributed by atoms with Gasteiger partial charge in [-0.25, -0.2) is 4.57 Å². The molecule has 63 heavy (non-hydrogen) atoms. The molecule has 0 bridgehead atoms. The number of amides is 1. The first-order valence-corrected chi connectivity index (χ1v) is 26.7. The first-order valence-electron chi connectivity index (χ1n) is 25.2. The van der Waals surface area contributed by atoms with Crippen LogP contribution >= 0.6 is 7.82 Å². The fraction of sp³-hybridized carbons (Fsp3) is 0.917. The van der Waals surface area contributed by atoms with E-state index in [1.807, 2.05) is 0 Å². The zero-order valence-electron chi connectivity index (χ0n) is 39.7. The van der Waals surface area contributed by atoms with E-state index in [9.17, 15) is 48.8 Å². The van der Waals surface area contributed by atoms with Crippen LogP contribution in [-0.4, -0.2) is 92.4 Å². The second-order valence-electron chi connectivity index (χ2n) is 17.7. The third-order valence-corrected chi connectivity index (χ3v) is 12.1. The van der Waals surface area contributed by atoms with Crippen molar-refractivity contribution >= 4 is 32.0 Å². The molecule has 0 aromatic carbocycles. The predicted molar refractivity (Wildman–Crippen MR) is 248 cm³/mol. The first-order chi connectivity index (χ1) is 30.3. The standard InChI is InChI=1S/C48H92NO13P/c1-4-7-10-13-16-19-20-23-26-29-32-35-45(55)60-41(34-31-28-25-22-18-15-12-9-6-3)37-46(56)61-47(48(43(53)39-51)62-63(57,58)59)42(38-50)49-44(54)36-40(52)33-30-27-24-21-17-14-11-8-5-2/h38,40-43,47-48,51-53H,4-37,39H2,1-3H3,(H,49,54)(H2,57,58,59)/t40?,41?,42-,43+,47+,48+/m0/s1. The van der Waals surface area contributed by atoms with Gasteiger partial charge in [-0.1, -0.05) is 194 Å². The highest BCUT2D eigenvalue weighted by Crippen LogP contribution is 2.40. The van der Waals surface area contributed by atoms with Crippen molar-refractivity contribution < 1.29 is 62.8 Å². The number of esters is 2. The van der Waals surface area contributed by atoms with Gasteiger partial charge in [0.05, 0.1) is 25.6 Å². The van der Waals surface area contributed by atoms with E-state index < -0.39 is 81.7 Å². The van der Waals surface area contributed by atoms with Crippen molar-refractivity contribution in [2.45, 2.75) is 276 Å². The number of phosphoric acid groups is 1. The van der Waals surface area contributed by atoms with Gasteiger partial charge in [0.2, 0.25) is 5.91 Å². The number of rotatable bonds is 46. The molecule has 2 unspecified atom stereocenters. The number of ether oxygens (including phenoxy) is 2. The van der Waals surface area contributed by atoms with Crippen molar-refractivity contribution in [3.63, 3.8) is 0 Å².